The first-order chi connectivity index (χ1) is 18.4. The van der Waals surface area contributed by atoms with Gasteiger partial charge in [-0.2, -0.15) is 0 Å². The van der Waals surface area contributed by atoms with E-state index in [0.717, 1.165) is 56.1 Å². The molecule has 1 saturated heterocycles. The molecule has 1 fully saturated rings. The second-order valence-corrected chi connectivity index (χ2v) is 12.0. The Hall–Kier alpha value is -3.10. The van der Waals surface area contributed by atoms with E-state index >= 15 is 0 Å². The molecule has 2 aromatic carbocycles. The number of aromatic nitrogens is 1. The maximum absolute atomic E-state index is 13.8. The third kappa shape index (κ3) is 4.76. The van der Waals surface area contributed by atoms with Crippen LogP contribution in [0.2, 0.25) is 0 Å². The lowest BCUT2D eigenvalue weighted by atomic mass is 9.82. The summed E-state index contributed by atoms with van der Waals surface area (Å²) < 4.78 is 34.1. The highest BCUT2D eigenvalue weighted by molar-refractivity contribution is 7.90. The Morgan fingerprint density at radius 1 is 0.974 bits per heavy atom. The van der Waals surface area contributed by atoms with Crippen LogP contribution in [0, 0.1) is 12.8 Å². The second kappa shape index (κ2) is 10.9. The number of hydrogen-bond acceptors (Lipinski definition) is 6. The second-order valence-electron chi connectivity index (χ2n) is 10.2. The van der Waals surface area contributed by atoms with Crippen molar-refractivity contribution in [1.29, 1.82) is 0 Å². The third-order valence-corrected chi connectivity index (χ3v) is 9.99. The molecule has 1 atom stereocenters. The molecule has 0 saturated carbocycles. The van der Waals surface area contributed by atoms with E-state index in [1.807, 2.05) is 32.0 Å². The van der Waals surface area contributed by atoms with E-state index in [2.05, 4.69) is 15.9 Å². The molecule has 38 heavy (non-hydrogen) atoms. The van der Waals surface area contributed by atoms with Crippen LogP contribution in [0.5, 0.6) is 5.75 Å². The summed E-state index contributed by atoms with van der Waals surface area (Å²) in [6, 6.07) is 16.6. The summed E-state index contributed by atoms with van der Waals surface area (Å²) in [6.07, 6.45) is 2.71. The molecule has 202 valence electrons. The van der Waals surface area contributed by atoms with Crippen molar-refractivity contribution < 1.29 is 17.9 Å². The van der Waals surface area contributed by atoms with E-state index in [-0.39, 0.29) is 16.6 Å². The Kier molecular flexibility index (Phi) is 7.63. The van der Waals surface area contributed by atoms with E-state index in [0.29, 0.717) is 36.2 Å². The van der Waals surface area contributed by atoms with Crippen LogP contribution in [-0.2, 0) is 22.9 Å². The lowest BCUT2D eigenvalue weighted by Crippen LogP contribution is -2.47. The van der Waals surface area contributed by atoms with Gasteiger partial charge < -0.3 is 9.64 Å². The molecule has 1 aromatic heterocycles. The Labute approximate surface area is 226 Å². The zero-order valence-electron chi connectivity index (χ0n) is 22.5. The largest absolute Gasteiger partial charge is 0.495 e. The molecule has 7 nitrogen and oxygen atoms in total. The van der Waals surface area contributed by atoms with Crippen molar-refractivity contribution in [2.24, 2.45) is 5.92 Å². The topological polar surface area (TPSA) is 71.8 Å². The van der Waals surface area contributed by atoms with Crippen molar-refractivity contribution in [3.63, 3.8) is 0 Å². The molecule has 0 spiro atoms. The van der Waals surface area contributed by atoms with Gasteiger partial charge in [-0.15, -0.1) is 0 Å². The van der Waals surface area contributed by atoms with Gasteiger partial charge >= 0.3 is 0 Å². The van der Waals surface area contributed by atoms with Crippen LogP contribution in [0.4, 0.5) is 5.69 Å². The van der Waals surface area contributed by atoms with Gasteiger partial charge in [0, 0.05) is 49.0 Å². The van der Waals surface area contributed by atoms with E-state index in [1.165, 1.54) is 3.97 Å². The first-order valence-electron chi connectivity index (χ1n) is 13.5. The van der Waals surface area contributed by atoms with Crippen LogP contribution in [0.25, 0.3) is 0 Å². The molecule has 1 aliphatic carbocycles. The van der Waals surface area contributed by atoms with Crippen molar-refractivity contribution in [3.05, 3.63) is 77.1 Å². The van der Waals surface area contributed by atoms with Crippen LogP contribution in [-0.4, -0.2) is 62.9 Å². The van der Waals surface area contributed by atoms with Gasteiger partial charge in [0.05, 0.1) is 17.7 Å². The number of carbonyl (C=O) groups excluding carboxylic acids is 1. The Bertz CT molecular complexity index is 1410. The predicted molar refractivity (Wildman–Crippen MR) is 150 cm³/mol. The van der Waals surface area contributed by atoms with E-state index in [4.69, 9.17) is 4.74 Å². The number of ether oxygens (including phenoxy) is 1. The summed E-state index contributed by atoms with van der Waals surface area (Å²) in [5.74, 6) is 0.934. The zero-order chi connectivity index (χ0) is 26.9. The summed E-state index contributed by atoms with van der Waals surface area (Å²) in [4.78, 5) is 18.8. The summed E-state index contributed by atoms with van der Waals surface area (Å²) in [5, 5.41) is 0. The lowest BCUT2D eigenvalue weighted by Gasteiger charge is -2.37. The molecule has 0 amide bonds. The highest BCUT2D eigenvalue weighted by Crippen LogP contribution is 2.36. The number of piperazine rings is 1. The molecule has 0 bridgehead atoms. The molecule has 1 aliphatic heterocycles. The van der Waals surface area contributed by atoms with Gasteiger partial charge in [-0.3, -0.25) is 9.69 Å². The minimum Gasteiger partial charge on any atom is -0.495 e. The average molecular weight is 536 g/mol. The fourth-order valence-corrected chi connectivity index (χ4v) is 7.77. The standard InChI is InChI=1S/C30H37N3O4S/c1-4-25-22(2)33(38(35,36)24-10-6-5-7-11-24)27-15-14-23(30(34)29(25)27)16-17-31-18-20-32(21-19-31)26-12-8-9-13-28(26)37-3/h5-13,23H,4,14-21H2,1-3H3. The van der Waals surface area contributed by atoms with Crippen molar-refractivity contribution in [3.8, 4) is 5.75 Å². The number of rotatable bonds is 8. The monoisotopic (exact) mass is 535 g/mol. The van der Waals surface area contributed by atoms with Crippen molar-refractivity contribution in [2.45, 2.75) is 44.4 Å². The molecule has 8 heteroatoms. The molecule has 0 radical (unpaired) electrons. The summed E-state index contributed by atoms with van der Waals surface area (Å²) in [6.45, 7) is 8.42. The molecule has 2 aliphatic rings. The summed E-state index contributed by atoms with van der Waals surface area (Å²) >= 11 is 0. The molecular weight excluding hydrogens is 498 g/mol. The molecule has 0 N–H and O–H groups in total. The number of nitrogens with zero attached hydrogens (tertiary/aromatic N) is 3. The Morgan fingerprint density at radius 3 is 2.34 bits per heavy atom. The number of fused-ring (bicyclic) bond motifs is 1. The van der Waals surface area contributed by atoms with Crippen molar-refractivity contribution in [2.75, 3.05) is 44.7 Å². The Balaban J connectivity index is 1.28. The number of carbonyl (C=O) groups is 1. The first kappa shape index (κ1) is 26.5. The van der Waals surface area contributed by atoms with Gasteiger partial charge in [0.15, 0.2) is 5.78 Å². The first-order valence-corrected chi connectivity index (χ1v) is 15.0. The maximum atomic E-state index is 13.8. The third-order valence-electron chi connectivity index (χ3n) is 8.15. The van der Waals surface area contributed by atoms with Gasteiger partial charge in [0.25, 0.3) is 10.0 Å². The number of para-hydroxylation sites is 2. The van der Waals surface area contributed by atoms with Crippen LogP contribution in [0.1, 0.15) is 47.1 Å². The number of ketones is 1. The van der Waals surface area contributed by atoms with E-state index in [9.17, 15) is 13.2 Å². The van der Waals surface area contributed by atoms with Crippen molar-refractivity contribution >= 4 is 21.5 Å². The molecular formula is C30H37N3O4S. The number of anilines is 1. The van der Waals surface area contributed by atoms with Gasteiger partial charge in [-0.05, 0) is 69.0 Å². The van der Waals surface area contributed by atoms with Gasteiger partial charge in [0.1, 0.15) is 5.75 Å². The quantitative estimate of drug-likeness (QED) is 0.421. The van der Waals surface area contributed by atoms with Crippen molar-refractivity contribution in [1.82, 2.24) is 8.87 Å². The highest BCUT2D eigenvalue weighted by Gasteiger charge is 2.37. The summed E-state index contributed by atoms with van der Waals surface area (Å²) in [5.41, 5.74) is 3.99. The molecule has 2 heterocycles. The smallest absolute Gasteiger partial charge is 0.268 e. The number of Topliss-reactive ketones (excluding diaryl/α,β-unsaturated/α-hetero) is 1. The van der Waals surface area contributed by atoms with Crippen LogP contribution in [0.15, 0.2) is 59.5 Å². The Morgan fingerprint density at radius 2 is 1.66 bits per heavy atom. The van der Waals surface area contributed by atoms with Gasteiger partial charge in [0.2, 0.25) is 0 Å². The minimum atomic E-state index is -3.76. The van der Waals surface area contributed by atoms with Crippen LogP contribution < -0.4 is 9.64 Å². The maximum Gasteiger partial charge on any atom is 0.268 e. The normalized spacial score (nSPS) is 18.4. The fraction of sp³-hybridized carbons (Fsp3) is 0.433. The van der Waals surface area contributed by atoms with Crippen LogP contribution >= 0.6 is 0 Å². The lowest BCUT2D eigenvalue weighted by molar-refractivity contribution is 0.0880. The van der Waals surface area contributed by atoms with E-state index < -0.39 is 10.0 Å². The van der Waals surface area contributed by atoms with E-state index in [1.54, 1.807) is 37.4 Å². The number of methoxy groups -OCH3 is 1. The highest BCUT2D eigenvalue weighted by atomic mass is 32.2. The number of hydrogen-bond donors (Lipinski definition) is 0. The minimum absolute atomic E-state index is 0.0743. The van der Waals surface area contributed by atoms with Gasteiger partial charge in [-0.25, -0.2) is 12.4 Å². The molecule has 1 unspecified atom stereocenters. The summed E-state index contributed by atoms with van der Waals surface area (Å²) in [7, 11) is -2.05. The van der Waals surface area contributed by atoms with Gasteiger partial charge in [-0.1, -0.05) is 37.3 Å². The average Bonchev–Trinajstić information content (AvgIpc) is 3.25. The SMILES string of the molecule is CCc1c2c(n(S(=O)(=O)c3ccccc3)c1C)CCC(CCN1CCN(c3ccccc3OC)CC1)C2=O. The fourth-order valence-electron chi connectivity index (χ4n) is 6.12. The molecule has 3 aromatic rings. The number of benzene rings is 2. The van der Waals surface area contributed by atoms with Crippen LogP contribution in [0.3, 0.4) is 0 Å². The predicted octanol–water partition coefficient (Wildman–Crippen LogP) is 4.56. The zero-order valence-corrected chi connectivity index (χ0v) is 23.3. The molecule has 5 rings (SSSR count).